The first kappa shape index (κ1) is 9.84. The Morgan fingerprint density at radius 2 is 2.00 bits per heavy atom. The number of nitriles is 1. The zero-order chi connectivity index (χ0) is 8.20. The molecule has 0 rings (SSSR count). The third-order valence-electron chi connectivity index (χ3n) is 1.05. The SMILES string of the molecule is CC(C)CSC(C)(C)C#N. The summed E-state index contributed by atoms with van der Waals surface area (Å²) in [5.74, 6) is 1.75. The van der Waals surface area contributed by atoms with E-state index in [9.17, 15) is 0 Å². The van der Waals surface area contributed by atoms with E-state index in [1.165, 1.54) is 0 Å². The van der Waals surface area contributed by atoms with E-state index in [1.807, 2.05) is 13.8 Å². The lowest BCUT2D eigenvalue weighted by atomic mass is 10.2. The molecule has 2 heteroatoms. The van der Waals surface area contributed by atoms with Crippen LogP contribution in [0.1, 0.15) is 27.7 Å². The van der Waals surface area contributed by atoms with Gasteiger partial charge in [-0.15, -0.1) is 11.8 Å². The van der Waals surface area contributed by atoms with E-state index in [2.05, 4.69) is 19.9 Å². The summed E-state index contributed by atoms with van der Waals surface area (Å²) in [5.41, 5.74) is 0. The molecule has 10 heavy (non-hydrogen) atoms. The second kappa shape index (κ2) is 3.88. The van der Waals surface area contributed by atoms with Crippen LogP contribution < -0.4 is 0 Å². The molecule has 0 aromatic carbocycles. The molecule has 0 aromatic heterocycles. The van der Waals surface area contributed by atoms with Gasteiger partial charge in [0.25, 0.3) is 0 Å². The molecular formula is C8H15NS. The number of rotatable bonds is 3. The summed E-state index contributed by atoms with van der Waals surface area (Å²) >= 11 is 1.73. The molecule has 1 nitrogen and oxygen atoms in total. The lowest BCUT2D eigenvalue weighted by Crippen LogP contribution is -2.12. The minimum atomic E-state index is -0.204. The van der Waals surface area contributed by atoms with Gasteiger partial charge in [0, 0.05) is 0 Å². The van der Waals surface area contributed by atoms with Crippen molar-refractivity contribution in [2.24, 2.45) is 5.92 Å². The van der Waals surface area contributed by atoms with E-state index >= 15 is 0 Å². The molecule has 0 amide bonds. The molecule has 0 heterocycles. The Hall–Kier alpha value is -0.160. The van der Waals surface area contributed by atoms with Crippen LogP contribution in [0.2, 0.25) is 0 Å². The summed E-state index contributed by atoms with van der Waals surface area (Å²) in [7, 11) is 0. The van der Waals surface area contributed by atoms with Crippen LogP contribution in [0, 0.1) is 17.2 Å². The zero-order valence-corrected chi connectivity index (χ0v) is 7.96. The molecule has 0 saturated heterocycles. The van der Waals surface area contributed by atoms with Crippen molar-refractivity contribution in [1.82, 2.24) is 0 Å². The summed E-state index contributed by atoms with van der Waals surface area (Å²) in [6, 6.07) is 2.26. The Bertz CT molecular complexity index is 133. The van der Waals surface area contributed by atoms with Gasteiger partial charge in [-0.2, -0.15) is 5.26 Å². The molecule has 0 N–H and O–H groups in total. The first-order valence-corrected chi connectivity index (χ1v) is 4.51. The molecule has 0 aliphatic carbocycles. The highest BCUT2D eigenvalue weighted by molar-refractivity contribution is 8.00. The highest BCUT2D eigenvalue weighted by atomic mass is 32.2. The van der Waals surface area contributed by atoms with Gasteiger partial charge in [0.2, 0.25) is 0 Å². The van der Waals surface area contributed by atoms with Crippen molar-refractivity contribution in [2.75, 3.05) is 5.75 Å². The third kappa shape index (κ3) is 4.69. The first-order valence-electron chi connectivity index (χ1n) is 3.53. The van der Waals surface area contributed by atoms with Gasteiger partial charge in [-0.3, -0.25) is 0 Å². The van der Waals surface area contributed by atoms with Crippen LogP contribution in [0.5, 0.6) is 0 Å². The Morgan fingerprint density at radius 1 is 1.50 bits per heavy atom. The minimum Gasteiger partial charge on any atom is -0.197 e. The molecular weight excluding hydrogens is 142 g/mol. The molecule has 0 bridgehead atoms. The molecule has 0 unspecified atom stereocenters. The van der Waals surface area contributed by atoms with Gasteiger partial charge in [-0.25, -0.2) is 0 Å². The lowest BCUT2D eigenvalue weighted by Gasteiger charge is -2.15. The van der Waals surface area contributed by atoms with Gasteiger partial charge in [-0.05, 0) is 25.5 Å². The summed E-state index contributed by atoms with van der Waals surface area (Å²) in [6.45, 7) is 8.25. The van der Waals surface area contributed by atoms with Gasteiger partial charge >= 0.3 is 0 Å². The van der Waals surface area contributed by atoms with Crippen molar-refractivity contribution >= 4 is 11.8 Å². The van der Waals surface area contributed by atoms with E-state index in [1.54, 1.807) is 11.8 Å². The van der Waals surface area contributed by atoms with Gasteiger partial charge in [0.1, 0.15) is 0 Å². The maximum atomic E-state index is 8.64. The van der Waals surface area contributed by atoms with Crippen molar-refractivity contribution in [3.8, 4) is 6.07 Å². The van der Waals surface area contributed by atoms with Crippen LogP contribution in [0.3, 0.4) is 0 Å². The van der Waals surface area contributed by atoms with E-state index < -0.39 is 0 Å². The summed E-state index contributed by atoms with van der Waals surface area (Å²) in [5, 5.41) is 8.64. The molecule has 58 valence electrons. The van der Waals surface area contributed by atoms with Gasteiger partial charge < -0.3 is 0 Å². The van der Waals surface area contributed by atoms with Crippen LogP contribution in [-0.4, -0.2) is 10.5 Å². The maximum absolute atomic E-state index is 8.64. The molecule has 0 radical (unpaired) electrons. The lowest BCUT2D eigenvalue weighted by molar-refractivity contribution is 0.743. The van der Waals surface area contributed by atoms with E-state index in [-0.39, 0.29) is 4.75 Å². The van der Waals surface area contributed by atoms with Crippen LogP contribution >= 0.6 is 11.8 Å². The molecule has 0 aliphatic heterocycles. The molecule has 0 saturated carbocycles. The van der Waals surface area contributed by atoms with E-state index in [0.717, 1.165) is 5.75 Å². The second-order valence-corrected chi connectivity index (χ2v) is 4.97. The molecule has 0 spiro atoms. The van der Waals surface area contributed by atoms with Crippen LogP contribution in [0.15, 0.2) is 0 Å². The minimum absolute atomic E-state index is 0.204. The van der Waals surface area contributed by atoms with Crippen LogP contribution in [0.4, 0.5) is 0 Å². The van der Waals surface area contributed by atoms with E-state index in [4.69, 9.17) is 5.26 Å². The largest absolute Gasteiger partial charge is 0.197 e. The van der Waals surface area contributed by atoms with Gasteiger partial charge in [-0.1, -0.05) is 13.8 Å². The van der Waals surface area contributed by atoms with Crippen molar-refractivity contribution < 1.29 is 0 Å². The Labute approximate surface area is 67.8 Å². The highest BCUT2D eigenvalue weighted by Gasteiger charge is 2.16. The normalized spacial score (nSPS) is 11.6. The summed E-state index contributed by atoms with van der Waals surface area (Å²) < 4.78 is -0.204. The fourth-order valence-corrected chi connectivity index (χ4v) is 1.22. The maximum Gasteiger partial charge on any atom is 0.0967 e. The highest BCUT2D eigenvalue weighted by Crippen LogP contribution is 2.24. The number of hydrogen-bond donors (Lipinski definition) is 0. The van der Waals surface area contributed by atoms with Crippen LogP contribution in [-0.2, 0) is 0 Å². The number of hydrogen-bond acceptors (Lipinski definition) is 2. The van der Waals surface area contributed by atoms with E-state index in [0.29, 0.717) is 5.92 Å². The Morgan fingerprint density at radius 3 is 2.30 bits per heavy atom. The third-order valence-corrected chi connectivity index (χ3v) is 2.69. The average Bonchev–Trinajstić information content (AvgIpc) is 1.85. The standard InChI is InChI=1S/C8H15NS/c1-7(2)5-10-8(3,4)6-9/h7H,5H2,1-4H3. The van der Waals surface area contributed by atoms with Crippen molar-refractivity contribution in [3.05, 3.63) is 0 Å². The smallest absolute Gasteiger partial charge is 0.0967 e. The zero-order valence-electron chi connectivity index (χ0n) is 7.14. The second-order valence-electron chi connectivity index (χ2n) is 3.33. The number of thioether (sulfide) groups is 1. The molecule has 0 fully saturated rings. The fraction of sp³-hybridized carbons (Fsp3) is 0.875. The fourth-order valence-electron chi connectivity index (χ4n) is 0.407. The predicted octanol–water partition coefficient (Wildman–Crippen LogP) is 2.68. The molecule has 0 atom stereocenters. The summed E-state index contributed by atoms with van der Waals surface area (Å²) in [4.78, 5) is 0. The van der Waals surface area contributed by atoms with Gasteiger partial charge in [0.05, 0.1) is 10.8 Å². The average molecular weight is 157 g/mol. The Balaban J connectivity index is 3.60. The molecule has 0 aliphatic rings. The van der Waals surface area contributed by atoms with Crippen molar-refractivity contribution in [3.63, 3.8) is 0 Å². The van der Waals surface area contributed by atoms with Gasteiger partial charge in [0.15, 0.2) is 0 Å². The first-order chi connectivity index (χ1) is 4.48. The predicted molar refractivity (Wildman–Crippen MR) is 47.0 cm³/mol. The quantitative estimate of drug-likeness (QED) is 0.629. The van der Waals surface area contributed by atoms with Crippen molar-refractivity contribution in [2.45, 2.75) is 32.4 Å². The molecule has 0 aromatic rings. The van der Waals surface area contributed by atoms with Crippen molar-refractivity contribution in [1.29, 1.82) is 5.26 Å². The van der Waals surface area contributed by atoms with Crippen LogP contribution in [0.25, 0.3) is 0 Å². The Kier molecular flexibility index (Phi) is 3.81. The summed E-state index contributed by atoms with van der Waals surface area (Å²) in [6.07, 6.45) is 0. The topological polar surface area (TPSA) is 23.8 Å². The monoisotopic (exact) mass is 157 g/mol. The number of nitrogens with zero attached hydrogens (tertiary/aromatic N) is 1.